The number of carbonyl (C=O) groups excluding carboxylic acids is 1. The van der Waals surface area contributed by atoms with Crippen LogP contribution in [0.1, 0.15) is 13.8 Å². The van der Waals surface area contributed by atoms with Gasteiger partial charge < -0.3 is 10.1 Å². The fourth-order valence-electron chi connectivity index (χ4n) is 1.00. The third-order valence-corrected chi connectivity index (χ3v) is 1.49. The van der Waals surface area contributed by atoms with Crippen LogP contribution >= 0.6 is 0 Å². The van der Waals surface area contributed by atoms with Crippen molar-refractivity contribution in [1.82, 2.24) is 0 Å². The fraction of sp³-hybridized carbons (Fsp3) is 0.300. The molecule has 0 aliphatic carbocycles. The molecule has 1 N–H and O–H groups in total. The molecule has 0 atom stereocenters. The number of hydrogen-bond donors (Lipinski definition) is 1. The molecule has 0 radical (unpaired) electrons. The molecule has 1 aromatic rings. The van der Waals surface area contributed by atoms with Gasteiger partial charge in [-0.15, -0.1) is 0 Å². The summed E-state index contributed by atoms with van der Waals surface area (Å²) in [6, 6.07) is 7.28. The molecule has 0 fully saturated rings. The number of ether oxygens (including phenoxy) is 1. The molecule has 0 aromatic heterocycles. The minimum atomic E-state index is -0.0656. The normalized spacial score (nSPS) is 8.71. The van der Waals surface area contributed by atoms with Crippen molar-refractivity contribution in [3.05, 3.63) is 24.3 Å². The predicted octanol–water partition coefficient (Wildman–Crippen LogP) is 1.40. The first-order chi connectivity index (χ1) is 6.22. The van der Waals surface area contributed by atoms with Crippen molar-refractivity contribution in [1.29, 1.82) is 0 Å². The Hall–Kier alpha value is -0.510. The fourth-order valence-corrected chi connectivity index (χ4v) is 1.00. The summed E-state index contributed by atoms with van der Waals surface area (Å²) < 4.78 is 5.25. The number of anilines is 1. The van der Waals surface area contributed by atoms with Gasteiger partial charge in [-0.3, -0.25) is 4.79 Å². The van der Waals surface area contributed by atoms with Crippen LogP contribution in [0.2, 0.25) is 0 Å². The standard InChI is InChI=1S/C10H13NO2.Na.H/c1-3-13-10-6-4-9(5-7-10)11-8(2)12;;/h4-7H,3H2,1-2H3,(H,11,12);;. The second kappa shape index (κ2) is 6.87. The van der Waals surface area contributed by atoms with Gasteiger partial charge in [-0.2, -0.15) is 0 Å². The van der Waals surface area contributed by atoms with Gasteiger partial charge in [0.15, 0.2) is 0 Å². The molecule has 0 aliphatic rings. The van der Waals surface area contributed by atoms with Crippen LogP contribution in [-0.4, -0.2) is 42.1 Å². The molecule has 1 rings (SSSR count). The van der Waals surface area contributed by atoms with Crippen molar-refractivity contribution >= 4 is 41.2 Å². The van der Waals surface area contributed by atoms with E-state index in [-0.39, 0.29) is 35.5 Å². The molecule has 3 nitrogen and oxygen atoms in total. The van der Waals surface area contributed by atoms with Crippen molar-refractivity contribution in [3.63, 3.8) is 0 Å². The molecule has 0 saturated carbocycles. The molecule has 1 amide bonds. The first-order valence-corrected chi connectivity index (χ1v) is 4.23. The Kier molecular flexibility index (Phi) is 6.62. The Balaban J connectivity index is 0.00000169. The van der Waals surface area contributed by atoms with Crippen LogP contribution in [-0.2, 0) is 4.79 Å². The average molecular weight is 203 g/mol. The molecule has 0 aliphatic heterocycles. The second-order valence-corrected chi connectivity index (χ2v) is 2.64. The molecule has 1 aromatic carbocycles. The van der Waals surface area contributed by atoms with E-state index in [1.807, 2.05) is 31.2 Å². The summed E-state index contributed by atoms with van der Waals surface area (Å²) in [4.78, 5) is 10.7. The average Bonchev–Trinajstić information content (AvgIpc) is 2.08. The number of rotatable bonds is 3. The van der Waals surface area contributed by atoms with Crippen molar-refractivity contribution in [3.8, 4) is 5.75 Å². The number of nitrogens with one attached hydrogen (secondary N) is 1. The number of benzene rings is 1. The van der Waals surface area contributed by atoms with Gasteiger partial charge in [0.1, 0.15) is 5.75 Å². The van der Waals surface area contributed by atoms with Crippen molar-refractivity contribution < 1.29 is 9.53 Å². The van der Waals surface area contributed by atoms with Crippen LogP contribution in [0.4, 0.5) is 5.69 Å². The van der Waals surface area contributed by atoms with E-state index >= 15 is 0 Å². The molecule has 14 heavy (non-hydrogen) atoms. The van der Waals surface area contributed by atoms with E-state index in [9.17, 15) is 4.79 Å². The number of hydrogen-bond acceptors (Lipinski definition) is 2. The van der Waals surface area contributed by atoms with Crippen LogP contribution in [0.3, 0.4) is 0 Å². The van der Waals surface area contributed by atoms with E-state index in [0.717, 1.165) is 11.4 Å². The molecule has 0 heterocycles. The first kappa shape index (κ1) is 13.5. The Bertz CT molecular complexity index is 285. The maximum atomic E-state index is 10.7. The van der Waals surface area contributed by atoms with Crippen molar-refractivity contribution in [2.75, 3.05) is 11.9 Å². The van der Waals surface area contributed by atoms with Gasteiger partial charge in [0, 0.05) is 12.6 Å². The minimum absolute atomic E-state index is 0. The zero-order valence-electron chi connectivity index (χ0n) is 7.83. The molecule has 0 saturated heterocycles. The van der Waals surface area contributed by atoms with E-state index in [1.165, 1.54) is 6.92 Å². The summed E-state index contributed by atoms with van der Waals surface area (Å²) >= 11 is 0. The summed E-state index contributed by atoms with van der Waals surface area (Å²) in [5.41, 5.74) is 0.788. The Morgan fingerprint density at radius 3 is 2.36 bits per heavy atom. The van der Waals surface area contributed by atoms with Gasteiger partial charge in [0.05, 0.1) is 6.61 Å². The third-order valence-electron chi connectivity index (χ3n) is 1.49. The van der Waals surface area contributed by atoms with Crippen LogP contribution in [0.5, 0.6) is 5.75 Å². The van der Waals surface area contributed by atoms with E-state index in [1.54, 1.807) is 0 Å². The molecule has 0 unspecified atom stereocenters. The Morgan fingerprint density at radius 2 is 1.93 bits per heavy atom. The zero-order chi connectivity index (χ0) is 9.68. The van der Waals surface area contributed by atoms with Gasteiger partial charge in [0.2, 0.25) is 5.91 Å². The Labute approximate surface area is 106 Å². The van der Waals surface area contributed by atoms with Gasteiger partial charge in [-0.05, 0) is 31.2 Å². The van der Waals surface area contributed by atoms with Crippen LogP contribution < -0.4 is 10.1 Å². The van der Waals surface area contributed by atoms with Crippen molar-refractivity contribution in [2.24, 2.45) is 0 Å². The predicted molar refractivity (Wildman–Crippen MR) is 59.1 cm³/mol. The number of amides is 1. The topological polar surface area (TPSA) is 38.3 Å². The van der Waals surface area contributed by atoms with Crippen LogP contribution in [0.15, 0.2) is 24.3 Å². The zero-order valence-corrected chi connectivity index (χ0v) is 7.83. The van der Waals surface area contributed by atoms with Crippen LogP contribution in [0, 0.1) is 0 Å². The first-order valence-electron chi connectivity index (χ1n) is 4.23. The van der Waals surface area contributed by atoms with Gasteiger partial charge in [-0.1, -0.05) is 0 Å². The summed E-state index contributed by atoms with van der Waals surface area (Å²) in [5.74, 6) is 0.751. The molecule has 0 bridgehead atoms. The molecular formula is C10H14NNaO2. The van der Waals surface area contributed by atoms with Gasteiger partial charge >= 0.3 is 29.6 Å². The Morgan fingerprint density at radius 1 is 1.36 bits per heavy atom. The van der Waals surface area contributed by atoms with E-state index < -0.39 is 0 Å². The summed E-state index contributed by atoms with van der Waals surface area (Å²) in [6.07, 6.45) is 0. The van der Waals surface area contributed by atoms with Gasteiger partial charge in [0.25, 0.3) is 0 Å². The molecular weight excluding hydrogens is 189 g/mol. The quantitative estimate of drug-likeness (QED) is 0.754. The monoisotopic (exact) mass is 203 g/mol. The third kappa shape index (κ3) is 4.65. The molecule has 4 heteroatoms. The van der Waals surface area contributed by atoms with E-state index in [4.69, 9.17) is 4.74 Å². The molecule has 0 spiro atoms. The van der Waals surface area contributed by atoms with E-state index in [0.29, 0.717) is 6.61 Å². The number of carbonyl (C=O) groups is 1. The summed E-state index contributed by atoms with van der Waals surface area (Å²) in [6.45, 7) is 4.07. The second-order valence-electron chi connectivity index (χ2n) is 2.64. The van der Waals surface area contributed by atoms with Gasteiger partial charge in [-0.25, -0.2) is 0 Å². The maximum absolute atomic E-state index is 10.7. The molecule has 72 valence electrons. The van der Waals surface area contributed by atoms with Crippen LogP contribution in [0.25, 0.3) is 0 Å². The summed E-state index contributed by atoms with van der Waals surface area (Å²) in [5, 5.41) is 2.68. The van der Waals surface area contributed by atoms with Crippen molar-refractivity contribution in [2.45, 2.75) is 13.8 Å². The van der Waals surface area contributed by atoms with E-state index in [2.05, 4.69) is 5.32 Å². The summed E-state index contributed by atoms with van der Waals surface area (Å²) in [7, 11) is 0. The SMILES string of the molecule is CCOc1ccc(NC(C)=O)cc1.[NaH].